The maximum Gasteiger partial charge on any atom is 0.255 e. The minimum Gasteiger partial charge on any atom is -0.389 e. The number of nitrogens with zero attached hydrogens (tertiary/aromatic N) is 4. The zero-order valence-corrected chi connectivity index (χ0v) is 15.8. The van der Waals surface area contributed by atoms with Gasteiger partial charge in [0.25, 0.3) is 5.91 Å². The van der Waals surface area contributed by atoms with Crippen molar-refractivity contribution in [2.75, 3.05) is 0 Å². The smallest absolute Gasteiger partial charge is 0.255 e. The van der Waals surface area contributed by atoms with Gasteiger partial charge in [0, 0.05) is 24.9 Å². The van der Waals surface area contributed by atoms with Gasteiger partial charge in [-0.05, 0) is 43.4 Å². The molecule has 9 nitrogen and oxygen atoms in total. The summed E-state index contributed by atoms with van der Waals surface area (Å²) in [6, 6.07) is 4.84. The van der Waals surface area contributed by atoms with E-state index in [0.29, 0.717) is 36.3 Å². The molecule has 2 N–H and O–H groups in total. The summed E-state index contributed by atoms with van der Waals surface area (Å²) in [6.45, 7) is 0.344. The molecular formula is C20H21N5O4. The van der Waals surface area contributed by atoms with Crippen LogP contribution in [0.4, 0.5) is 0 Å². The largest absolute Gasteiger partial charge is 0.389 e. The Morgan fingerprint density at radius 2 is 2.07 bits per heavy atom. The number of rotatable bonds is 4. The molecule has 9 heteroatoms. The fraction of sp³-hybridized carbons (Fsp3) is 0.450. The highest BCUT2D eigenvalue weighted by atomic mass is 16.3. The number of piperidine rings is 1. The normalized spacial score (nSPS) is 23.0. The molecule has 2 aliphatic heterocycles. The fourth-order valence-electron chi connectivity index (χ4n) is 4.29. The maximum atomic E-state index is 12.9. The lowest BCUT2D eigenvalue weighted by Crippen LogP contribution is -2.52. The molecule has 0 radical (unpaired) electrons. The second-order valence-electron chi connectivity index (χ2n) is 8.15. The third-order valence-corrected chi connectivity index (χ3v) is 6.11. The summed E-state index contributed by atoms with van der Waals surface area (Å²) in [4.78, 5) is 38.0. The second kappa shape index (κ2) is 6.48. The SMILES string of the molecule is O=C1CCC(N2Cc3ccc(-n4cc(CC5(O)CCC5)nn4)cc3C2=O)C(=O)N1. The van der Waals surface area contributed by atoms with E-state index in [4.69, 9.17) is 0 Å². The van der Waals surface area contributed by atoms with Crippen molar-refractivity contribution >= 4 is 17.7 Å². The number of amides is 3. The molecule has 2 fully saturated rings. The van der Waals surface area contributed by atoms with Crippen molar-refractivity contribution < 1.29 is 19.5 Å². The van der Waals surface area contributed by atoms with Crippen LogP contribution in [0.15, 0.2) is 24.4 Å². The van der Waals surface area contributed by atoms with E-state index in [1.807, 2.05) is 12.1 Å². The predicted molar refractivity (Wildman–Crippen MR) is 99.9 cm³/mol. The number of hydrogen-bond acceptors (Lipinski definition) is 6. The van der Waals surface area contributed by atoms with Crippen molar-refractivity contribution in [1.82, 2.24) is 25.2 Å². The predicted octanol–water partition coefficient (Wildman–Crippen LogP) is 0.486. The van der Waals surface area contributed by atoms with Crippen LogP contribution in [0.1, 0.15) is 53.7 Å². The summed E-state index contributed by atoms with van der Waals surface area (Å²) in [6.07, 6.45) is 5.41. The summed E-state index contributed by atoms with van der Waals surface area (Å²) >= 11 is 0. The van der Waals surface area contributed by atoms with Crippen molar-refractivity contribution in [3.05, 3.63) is 41.2 Å². The molecule has 3 heterocycles. The monoisotopic (exact) mass is 395 g/mol. The van der Waals surface area contributed by atoms with Gasteiger partial charge in [-0.3, -0.25) is 19.7 Å². The van der Waals surface area contributed by atoms with Crippen molar-refractivity contribution in [3.63, 3.8) is 0 Å². The number of benzene rings is 1. The first-order valence-corrected chi connectivity index (χ1v) is 9.83. The van der Waals surface area contributed by atoms with Gasteiger partial charge in [-0.15, -0.1) is 5.10 Å². The molecule has 150 valence electrons. The lowest BCUT2D eigenvalue weighted by molar-refractivity contribution is -0.136. The topological polar surface area (TPSA) is 117 Å². The number of aromatic nitrogens is 3. The molecule has 1 aromatic carbocycles. The summed E-state index contributed by atoms with van der Waals surface area (Å²) in [5.41, 5.74) is 2.11. The van der Waals surface area contributed by atoms with Crippen LogP contribution in [0.25, 0.3) is 5.69 Å². The molecule has 5 rings (SSSR count). The van der Waals surface area contributed by atoms with Crippen molar-refractivity contribution in [2.45, 2.75) is 56.7 Å². The van der Waals surface area contributed by atoms with Crippen LogP contribution in [-0.4, -0.2) is 54.4 Å². The molecule has 1 saturated heterocycles. The highest BCUT2D eigenvalue weighted by Crippen LogP contribution is 2.34. The molecular weight excluding hydrogens is 374 g/mol. The standard InChI is InChI=1S/C20H21N5O4/c26-17-5-4-16(18(27)21-17)24-10-12-2-3-14(8-15(12)19(24)28)25-11-13(22-23-25)9-20(29)6-1-7-20/h2-3,8,11,16,29H,1,4-7,9-10H2,(H,21,26,27). The van der Waals surface area contributed by atoms with Gasteiger partial charge in [-0.2, -0.15) is 0 Å². The Morgan fingerprint density at radius 1 is 1.24 bits per heavy atom. The first-order chi connectivity index (χ1) is 13.9. The Bertz CT molecular complexity index is 1030. The lowest BCUT2D eigenvalue weighted by atomic mass is 9.77. The van der Waals surface area contributed by atoms with Crippen molar-refractivity contribution in [3.8, 4) is 5.69 Å². The molecule has 1 aromatic heterocycles. The number of carbonyl (C=O) groups is 3. The average Bonchev–Trinajstić information content (AvgIpc) is 3.25. The van der Waals surface area contributed by atoms with Crippen molar-refractivity contribution in [2.24, 2.45) is 0 Å². The van der Waals surface area contributed by atoms with Gasteiger partial charge in [-0.25, -0.2) is 4.68 Å². The third kappa shape index (κ3) is 3.11. The molecule has 2 aromatic rings. The fourth-order valence-corrected chi connectivity index (χ4v) is 4.29. The summed E-state index contributed by atoms with van der Waals surface area (Å²) in [7, 11) is 0. The van der Waals surface area contributed by atoms with Crippen LogP contribution in [0.5, 0.6) is 0 Å². The van der Waals surface area contributed by atoms with E-state index in [1.165, 1.54) is 4.90 Å². The van der Waals surface area contributed by atoms with Gasteiger partial charge in [0.15, 0.2) is 0 Å². The van der Waals surface area contributed by atoms with Crippen LogP contribution in [0.3, 0.4) is 0 Å². The van der Waals surface area contributed by atoms with Crippen LogP contribution >= 0.6 is 0 Å². The molecule has 3 amide bonds. The Hall–Kier alpha value is -3.07. The Labute approximate surface area is 166 Å². The van der Waals surface area contributed by atoms with Gasteiger partial charge in [0.1, 0.15) is 6.04 Å². The molecule has 1 saturated carbocycles. The zero-order chi connectivity index (χ0) is 20.2. The summed E-state index contributed by atoms with van der Waals surface area (Å²) < 4.78 is 1.60. The Balaban J connectivity index is 1.36. The van der Waals surface area contributed by atoms with E-state index < -0.39 is 17.6 Å². The third-order valence-electron chi connectivity index (χ3n) is 6.11. The molecule has 29 heavy (non-hydrogen) atoms. The lowest BCUT2D eigenvalue weighted by Gasteiger charge is -2.35. The molecule has 1 unspecified atom stereocenters. The van der Waals surface area contributed by atoms with Gasteiger partial charge in [0.2, 0.25) is 11.8 Å². The number of carbonyl (C=O) groups excluding carboxylic acids is 3. The molecule has 1 atom stereocenters. The molecule has 1 aliphatic carbocycles. The molecule has 0 bridgehead atoms. The quantitative estimate of drug-likeness (QED) is 0.728. The van der Waals surface area contributed by atoms with Gasteiger partial charge in [-0.1, -0.05) is 11.3 Å². The minimum atomic E-state index is -0.669. The summed E-state index contributed by atoms with van der Waals surface area (Å²) in [5, 5.41) is 20.9. The average molecular weight is 395 g/mol. The van der Waals surface area contributed by atoms with Gasteiger partial charge in [0.05, 0.1) is 23.2 Å². The summed E-state index contributed by atoms with van der Waals surface area (Å²) in [5.74, 6) is -0.941. The Kier molecular flexibility index (Phi) is 4.02. The Morgan fingerprint density at radius 3 is 2.79 bits per heavy atom. The van der Waals surface area contributed by atoms with Gasteiger partial charge >= 0.3 is 0 Å². The van der Waals surface area contributed by atoms with Crippen LogP contribution in [-0.2, 0) is 22.6 Å². The van der Waals surface area contributed by atoms with E-state index in [9.17, 15) is 19.5 Å². The zero-order valence-electron chi connectivity index (χ0n) is 15.8. The number of aliphatic hydroxyl groups is 1. The van der Waals surface area contributed by atoms with E-state index in [0.717, 1.165) is 24.8 Å². The minimum absolute atomic E-state index is 0.222. The number of hydrogen-bond donors (Lipinski definition) is 2. The first-order valence-electron chi connectivity index (χ1n) is 9.83. The second-order valence-corrected chi connectivity index (χ2v) is 8.15. The van der Waals surface area contributed by atoms with Crippen molar-refractivity contribution in [1.29, 1.82) is 0 Å². The first kappa shape index (κ1) is 18.0. The number of fused-ring (bicyclic) bond motifs is 1. The molecule has 3 aliphatic rings. The highest BCUT2D eigenvalue weighted by Gasteiger charge is 2.39. The van der Waals surface area contributed by atoms with E-state index >= 15 is 0 Å². The van der Waals surface area contributed by atoms with E-state index in [2.05, 4.69) is 15.6 Å². The number of nitrogens with one attached hydrogen (secondary N) is 1. The van der Waals surface area contributed by atoms with Crippen LogP contribution in [0.2, 0.25) is 0 Å². The van der Waals surface area contributed by atoms with E-state index in [1.54, 1.807) is 16.9 Å². The number of imide groups is 1. The highest BCUT2D eigenvalue weighted by molar-refractivity contribution is 6.05. The maximum absolute atomic E-state index is 12.9. The van der Waals surface area contributed by atoms with Gasteiger partial charge < -0.3 is 10.0 Å². The van der Waals surface area contributed by atoms with Crippen LogP contribution in [0, 0.1) is 0 Å². The van der Waals surface area contributed by atoms with Crippen LogP contribution < -0.4 is 5.32 Å². The van der Waals surface area contributed by atoms with E-state index in [-0.39, 0.29) is 18.2 Å². The molecule has 0 spiro atoms.